The fourth-order valence-electron chi connectivity index (χ4n) is 5.92. The van der Waals surface area contributed by atoms with Gasteiger partial charge < -0.3 is 19.5 Å². The van der Waals surface area contributed by atoms with Gasteiger partial charge in [0.2, 0.25) is 0 Å². The van der Waals surface area contributed by atoms with Gasteiger partial charge in [0.15, 0.2) is 0 Å². The van der Waals surface area contributed by atoms with Crippen LogP contribution in [0.4, 0.5) is 0 Å². The van der Waals surface area contributed by atoms with Gasteiger partial charge in [-0.15, -0.1) is 12.4 Å². The lowest BCUT2D eigenvalue weighted by Gasteiger charge is -2.27. The summed E-state index contributed by atoms with van der Waals surface area (Å²) >= 11 is 0. The highest BCUT2D eigenvalue weighted by Gasteiger charge is 2.29. The second-order valence-corrected chi connectivity index (χ2v) is 9.37. The highest BCUT2D eigenvalue weighted by atomic mass is 35.5. The van der Waals surface area contributed by atoms with Crippen molar-refractivity contribution in [1.29, 1.82) is 0 Å². The minimum absolute atomic E-state index is 0. The maximum atomic E-state index is 13.3. The van der Waals surface area contributed by atoms with E-state index < -0.39 is 0 Å². The lowest BCUT2D eigenvalue weighted by atomic mass is 9.81. The second kappa shape index (κ2) is 9.40. The molecular weight excluding hydrogens is 434 g/mol. The molecular formula is C27H32ClN3O2. The van der Waals surface area contributed by atoms with Gasteiger partial charge in [-0.3, -0.25) is 4.79 Å². The number of amides is 1. The molecule has 1 N–H and O–H groups in total. The highest BCUT2D eigenvalue weighted by Crippen LogP contribution is 2.47. The Hall–Kier alpha value is -2.50. The first kappa shape index (κ1) is 22.3. The monoisotopic (exact) mass is 465 g/mol. The van der Waals surface area contributed by atoms with E-state index in [0.29, 0.717) is 12.5 Å². The molecule has 0 bridgehead atoms. The number of piperazine rings is 1. The summed E-state index contributed by atoms with van der Waals surface area (Å²) in [6, 6.07) is 14.9. The van der Waals surface area contributed by atoms with Crippen molar-refractivity contribution >= 4 is 29.2 Å². The Labute approximate surface area is 201 Å². The molecule has 1 aromatic heterocycles. The van der Waals surface area contributed by atoms with Crippen molar-refractivity contribution in [2.24, 2.45) is 0 Å². The summed E-state index contributed by atoms with van der Waals surface area (Å²) in [4.78, 5) is 15.2. The Balaban J connectivity index is 0.00000228. The normalized spacial score (nSPS) is 18.6. The zero-order valence-corrected chi connectivity index (χ0v) is 19.8. The molecule has 0 spiro atoms. The zero-order chi connectivity index (χ0) is 21.5. The molecule has 0 unspecified atom stereocenters. The van der Waals surface area contributed by atoms with Gasteiger partial charge >= 0.3 is 0 Å². The summed E-state index contributed by atoms with van der Waals surface area (Å²) in [5.41, 5.74) is 5.96. The third kappa shape index (κ3) is 3.91. The van der Waals surface area contributed by atoms with Crippen LogP contribution in [0.3, 0.4) is 0 Å². The molecule has 1 saturated heterocycles. The van der Waals surface area contributed by atoms with Gasteiger partial charge in [-0.25, -0.2) is 0 Å². The van der Waals surface area contributed by atoms with Gasteiger partial charge in [0.1, 0.15) is 12.4 Å². The number of nitrogens with one attached hydrogen (secondary N) is 1. The van der Waals surface area contributed by atoms with Crippen molar-refractivity contribution in [3.63, 3.8) is 0 Å². The lowest BCUT2D eigenvalue weighted by Crippen LogP contribution is -2.46. The van der Waals surface area contributed by atoms with Crippen LogP contribution in [-0.2, 0) is 6.54 Å². The number of aromatic nitrogens is 1. The van der Waals surface area contributed by atoms with E-state index in [0.717, 1.165) is 44.0 Å². The molecule has 33 heavy (non-hydrogen) atoms. The van der Waals surface area contributed by atoms with Crippen LogP contribution in [0, 0.1) is 0 Å². The number of nitrogens with zero attached hydrogens (tertiary/aromatic N) is 2. The van der Waals surface area contributed by atoms with Crippen molar-refractivity contribution in [3.05, 3.63) is 53.6 Å². The molecule has 0 atom stereocenters. The summed E-state index contributed by atoms with van der Waals surface area (Å²) in [6.07, 6.45) is 6.43. The fraction of sp³-hybridized carbons (Fsp3) is 0.444. The maximum absolute atomic E-state index is 13.3. The van der Waals surface area contributed by atoms with Crippen LogP contribution >= 0.6 is 12.4 Å². The molecule has 1 aliphatic carbocycles. The average molecular weight is 466 g/mol. The molecule has 3 heterocycles. The van der Waals surface area contributed by atoms with Crippen LogP contribution in [-0.4, -0.2) is 48.2 Å². The highest BCUT2D eigenvalue weighted by molar-refractivity contribution is 6.01. The van der Waals surface area contributed by atoms with Crippen LogP contribution in [0.1, 0.15) is 53.9 Å². The zero-order valence-electron chi connectivity index (χ0n) is 19.0. The Bertz CT molecular complexity index is 1160. The third-order valence-corrected chi connectivity index (χ3v) is 7.48. The van der Waals surface area contributed by atoms with Crippen molar-refractivity contribution in [3.8, 4) is 17.0 Å². The number of halogens is 1. The van der Waals surface area contributed by atoms with Crippen molar-refractivity contribution in [1.82, 2.24) is 14.8 Å². The van der Waals surface area contributed by atoms with E-state index in [1.807, 2.05) is 4.90 Å². The molecule has 2 fully saturated rings. The summed E-state index contributed by atoms with van der Waals surface area (Å²) in [7, 11) is 0. The number of ether oxygens (including phenoxy) is 1. The average Bonchev–Trinajstić information content (AvgIpc) is 3.05. The first-order valence-electron chi connectivity index (χ1n) is 12.2. The summed E-state index contributed by atoms with van der Waals surface area (Å²) in [6.45, 7) is 4.74. The van der Waals surface area contributed by atoms with E-state index in [-0.39, 0.29) is 18.3 Å². The second-order valence-electron chi connectivity index (χ2n) is 9.37. The lowest BCUT2D eigenvalue weighted by molar-refractivity contribution is 0.0736. The molecule has 1 amide bonds. The fourth-order valence-corrected chi connectivity index (χ4v) is 5.92. The number of hydrogen-bond acceptors (Lipinski definition) is 3. The van der Waals surface area contributed by atoms with E-state index in [4.69, 9.17) is 4.74 Å². The molecule has 3 aromatic rings. The molecule has 174 valence electrons. The molecule has 3 aliphatic rings. The first-order chi connectivity index (χ1) is 15.8. The van der Waals surface area contributed by atoms with Crippen molar-refractivity contribution in [2.45, 2.75) is 44.6 Å². The number of fused-ring (bicyclic) bond motifs is 5. The first-order valence-corrected chi connectivity index (χ1v) is 12.2. The van der Waals surface area contributed by atoms with E-state index in [1.54, 1.807) is 0 Å². The quantitative estimate of drug-likeness (QED) is 0.564. The van der Waals surface area contributed by atoms with Crippen LogP contribution < -0.4 is 10.1 Å². The molecule has 6 rings (SSSR count). The number of hydrogen-bond donors (Lipinski definition) is 1. The smallest absolute Gasteiger partial charge is 0.254 e. The van der Waals surface area contributed by atoms with Crippen molar-refractivity contribution < 1.29 is 9.53 Å². The number of para-hydroxylation sites is 1. The SMILES string of the molecule is Cl.O=C(c1ccc2c(C3CCCCC3)c3n(c2c1)CCOc1ccccc1-3)N1CCNCC1. The summed E-state index contributed by atoms with van der Waals surface area (Å²) in [5.74, 6) is 1.69. The molecule has 6 heteroatoms. The number of carbonyl (C=O) groups is 1. The number of rotatable bonds is 2. The van der Waals surface area contributed by atoms with Gasteiger partial charge in [-0.2, -0.15) is 0 Å². The van der Waals surface area contributed by atoms with Gasteiger partial charge in [0.25, 0.3) is 5.91 Å². The van der Waals surface area contributed by atoms with Crippen LogP contribution in [0.25, 0.3) is 22.2 Å². The standard InChI is InChI=1S/C27H31N3O2.ClH/c31-27(29-14-12-28-13-15-29)20-10-11-21-23(18-20)30-16-17-32-24-9-5-4-8-22(24)26(30)25(21)19-6-2-1-3-7-19;/h4-5,8-11,18-19,28H,1-3,6-7,12-17H2;1H. The van der Waals surface area contributed by atoms with Crippen LogP contribution in [0.15, 0.2) is 42.5 Å². The largest absolute Gasteiger partial charge is 0.491 e. The van der Waals surface area contributed by atoms with Gasteiger partial charge in [-0.05, 0) is 48.6 Å². The van der Waals surface area contributed by atoms with Crippen molar-refractivity contribution in [2.75, 3.05) is 32.8 Å². The van der Waals surface area contributed by atoms with Gasteiger partial charge in [0.05, 0.1) is 12.2 Å². The Morgan fingerprint density at radius 2 is 1.76 bits per heavy atom. The van der Waals surface area contributed by atoms with Crippen LogP contribution in [0.2, 0.25) is 0 Å². The topological polar surface area (TPSA) is 46.5 Å². The number of benzene rings is 2. The Morgan fingerprint density at radius 1 is 0.970 bits per heavy atom. The molecule has 2 aliphatic heterocycles. The predicted octanol–water partition coefficient (Wildman–Crippen LogP) is 5.22. The predicted molar refractivity (Wildman–Crippen MR) is 135 cm³/mol. The summed E-state index contributed by atoms with van der Waals surface area (Å²) < 4.78 is 8.58. The minimum Gasteiger partial charge on any atom is -0.491 e. The van der Waals surface area contributed by atoms with E-state index in [9.17, 15) is 4.79 Å². The van der Waals surface area contributed by atoms with Gasteiger partial charge in [-0.1, -0.05) is 37.5 Å². The van der Waals surface area contributed by atoms with E-state index >= 15 is 0 Å². The Kier molecular flexibility index (Phi) is 6.35. The van der Waals surface area contributed by atoms with Crippen LogP contribution in [0.5, 0.6) is 5.75 Å². The number of carbonyl (C=O) groups excluding carboxylic acids is 1. The van der Waals surface area contributed by atoms with E-state index in [1.165, 1.54) is 59.8 Å². The molecule has 1 saturated carbocycles. The Morgan fingerprint density at radius 3 is 2.58 bits per heavy atom. The summed E-state index contributed by atoms with van der Waals surface area (Å²) in [5, 5.41) is 4.66. The maximum Gasteiger partial charge on any atom is 0.254 e. The minimum atomic E-state index is 0. The third-order valence-electron chi connectivity index (χ3n) is 7.48. The molecule has 5 nitrogen and oxygen atoms in total. The molecule has 2 aromatic carbocycles. The van der Waals surface area contributed by atoms with E-state index in [2.05, 4.69) is 52.3 Å². The van der Waals surface area contributed by atoms with Gasteiger partial charge in [0, 0.05) is 48.2 Å². The molecule has 0 radical (unpaired) electrons.